The van der Waals surface area contributed by atoms with Gasteiger partial charge in [-0.3, -0.25) is 9.78 Å². The van der Waals surface area contributed by atoms with Crippen LogP contribution in [0.4, 0.5) is 5.69 Å². The smallest absolute Gasteiger partial charge is 0.227 e. The number of rotatable bonds is 3. The zero-order valence-electron chi connectivity index (χ0n) is 10.4. The van der Waals surface area contributed by atoms with Crippen molar-refractivity contribution in [3.63, 3.8) is 0 Å². The highest BCUT2D eigenvalue weighted by Crippen LogP contribution is 2.23. The topological polar surface area (TPSA) is 51.2 Å². The van der Waals surface area contributed by atoms with Gasteiger partial charge in [-0.25, -0.2) is 0 Å². The van der Waals surface area contributed by atoms with Crippen LogP contribution in [-0.4, -0.2) is 23.6 Å². The number of hydrogen-bond donors (Lipinski definition) is 1. The van der Waals surface area contributed by atoms with Crippen molar-refractivity contribution in [3.05, 3.63) is 22.4 Å². The first-order valence-electron chi connectivity index (χ1n) is 6.18. The average Bonchev–Trinajstić information content (AvgIpc) is 2.36. The van der Waals surface area contributed by atoms with Gasteiger partial charge in [0.25, 0.3) is 0 Å². The van der Waals surface area contributed by atoms with Gasteiger partial charge in [-0.15, -0.1) is 0 Å². The lowest BCUT2D eigenvalue weighted by molar-refractivity contribution is -0.119. The molecule has 0 bridgehead atoms. The molecule has 18 heavy (non-hydrogen) atoms. The fourth-order valence-corrected chi connectivity index (χ4v) is 2.33. The van der Waals surface area contributed by atoms with Crippen molar-refractivity contribution in [3.8, 4) is 0 Å². The molecule has 1 fully saturated rings. The number of hydrogen-bond acceptors (Lipinski definition) is 3. The molecule has 1 N–H and O–H groups in total. The van der Waals surface area contributed by atoms with E-state index >= 15 is 0 Å². The van der Waals surface area contributed by atoms with Gasteiger partial charge in [-0.2, -0.15) is 0 Å². The van der Waals surface area contributed by atoms with Crippen molar-refractivity contribution in [1.82, 2.24) is 4.98 Å². The summed E-state index contributed by atoms with van der Waals surface area (Å²) >= 11 is 3.40. The summed E-state index contributed by atoms with van der Waals surface area (Å²) in [6.45, 7) is 2.72. The average molecular weight is 313 g/mol. The SMILES string of the molecule is Cc1c(Br)cncc1NC(=O)C[C@H]1CCCCO1. The number of carbonyl (C=O) groups excluding carboxylic acids is 1. The molecule has 0 radical (unpaired) electrons. The second kappa shape index (κ2) is 6.29. The van der Waals surface area contributed by atoms with Crippen molar-refractivity contribution in [2.75, 3.05) is 11.9 Å². The molecule has 0 aliphatic carbocycles. The van der Waals surface area contributed by atoms with Crippen molar-refractivity contribution in [1.29, 1.82) is 0 Å². The number of ether oxygens (including phenoxy) is 1. The molecule has 2 rings (SSSR count). The lowest BCUT2D eigenvalue weighted by Gasteiger charge is -2.22. The Bertz CT molecular complexity index is 431. The minimum atomic E-state index is -0.00935. The third-order valence-corrected chi connectivity index (χ3v) is 3.91. The number of anilines is 1. The Hall–Kier alpha value is -0.940. The number of aromatic nitrogens is 1. The Morgan fingerprint density at radius 1 is 1.56 bits per heavy atom. The van der Waals surface area contributed by atoms with Crippen molar-refractivity contribution in [2.24, 2.45) is 0 Å². The summed E-state index contributed by atoms with van der Waals surface area (Å²) in [5.41, 5.74) is 1.74. The van der Waals surface area contributed by atoms with E-state index in [4.69, 9.17) is 4.74 Å². The monoisotopic (exact) mass is 312 g/mol. The van der Waals surface area contributed by atoms with Crippen LogP contribution in [0.1, 0.15) is 31.2 Å². The summed E-state index contributed by atoms with van der Waals surface area (Å²) in [7, 11) is 0. The van der Waals surface area contributed by atoms with E-state index in [0.717, 1.165) is 41.6 Å². The van der Waals surface area contributed by atoms with Gasteiger partial charge >= 0.3 is 0 Å². The minimum absolute atomic E-state index is 0.00935. The zero-order valence-corrected chi connectivity index (χ0v) is 12.0. The number of amides is 1. The van der Waals surface area contributed by atoms with Gasteiger partial charge in [-0.1, -0.05) is 0 Å². The zero-order chi connectivity index (χ0) is 13.0. The molecule has 1 aliphatic rings. The first kappa shape index (κ1) is 13.5. The molecule has 1 aromatic rings. The highest BCUT2D eigenvalue weighted by Gasteiger charge is 2.18. The van der Waals surface area contributed by atoms with Crippen LogP contribution in [0.3, 0.4) is 0 Å². The van der Waals surface area contributed by atoms with Gasteiger partial charge in [0.1, 0.15) is 0 Å². The van der Waals surface area contributed by atoms with Gasteiger partial charge in [0.15, 0.2) is 0 Å². The lowest BCUT2D eigenvalue weighted by atomic mass is 10.1. The third-order valence-electron chi connectivity index (χ3n) is 3.11. The van der Waals surface area contributed by atoms with Crippen molar-refractivity contribution >= 4 is 27.5 Å². The van der Waals surface area contributed by atoms with E-state index in [1.807, 2.05) is 6.92 Å². The molecule has 0 spiro atoms. The summed E-state index contributed by atoms with van der Waals surface area (Å²) < 4.78 is 6.45. The molecule has 0 unspecified atom stereocenters. The molecule has 1 aliphatic heterocycles. The van der Waals surface area contributed by atoms with E-state index in [1.54, 1.807) is 12.4 Å². The lowest BCUT2D eigenvalue weighted by Crippen LogP contribution is -2.25. The van der Waals surface area contributed by atoms with Gasteiger partial charge in [0.2, 0.25) is 5.91 Å². The second-order valence-electron chi connectivity index (χ2n) is 4.53. The van der Waals surface area contributed by atoms with Crippen molar-refractivity contribution < 1.29 is 9.53 Å². The van der Waals surface area contributed by atoms with E-state index in [9.17, 15) is 4.79 Å². The third kappa shape index (κ3) is 3.53. The number of nitrogens with zero attached hydrogens (tertiary/aromatic N) is 1. The molecule has 4 nitrogen and oxygen atoms in total. The summed E-state index contributed by atoms with van der Waals surface area (Å²) in [6.07, 6.45) is 7.10. The van der Waals surface area contributed by atoms with Gasteiger partial charge in [0, 0.05) is 17.3 Å². The first-order valence-corrected chi connectivity index (χ1v) is 6.97. The van der Waals surface area contributed by atoms with E-state index in [-0.39, 0.29) is 12.0 Å². The van der Waals surface area contributed by atoms with Crippen LogP contribution in [-0.2, 0) is 9.53 Å². The molecular weight excluding hydrogens is 296 g/mol. The van der Waals surface area contributed by atoms with Crippen LogP contribution < -0.4 is 5.32 Å². The predicted octanol–water partition coefficient (Wildman–Crippen LogP) is 3.05. The maximum atomic E-state index is 11.9. The van der Waals surface area contributed by atoms with E-state index < -0.39 is 0 Å². The highest BCUT2D eigenvalue weighted by atomic mass is 79.9. The predicted molar refractivity (Wildman–Crippen MR) is 73.5 cm³/mol. The standard InChI is InChI=1S/C13H17BrN2O2/c1-9-11(14)7-15-8-12(9)16-13(17)6-10-4-2-3-5-18-10/h7-8,10H,2-6H2,1H3,(H,16,17)/t10-/m1/s1. The van der Waals surface area contributed by atoms with Gasteiger partial charge in [0.05, 0.1) is 24.4 Å². The number of carbonyl (C=O) groups is 1. The Morgan fingerprint density at radius 3 is 3.11 bits per heavy atom. The Balaban J connectivity index is 1.92. The molecule has 1 aromatic heterocycles. The molecule has 1 amide bonds. The largest absolute Gasteiger partial charge is 0.378 e. The number of nitrogens with one attached hydrogen (secondary N) is 1. The summed E-state index contributed by atoms with van der Waals surface area (Å²) in [6, 6.07) is 0. The van der Waals surface area contributed by atoms with Crippen LogP contribution in [0.15, 0.2) is 16.9 Å². The van der Waals surface area contributed by atoms with Crippen molar-refractivity contribution in [2.45, 2.75) is 38.7 Å². The first-order chi connectivity index (χ1) is 8.66. The summed E-state index contributed by atoms with van der Waals surface area (Å²) in [5.74, 6) is -0.00935. The fraction of sp³-hybridized carbons (Fsp3) is 0.538. The minimum Gasteiger partial charge on any atom is -0.378 e. The molecule has 2 heterocycles. The van der Waals surface area contributed by atoms with Crippen LogP contribution >= 0.6 is 15.9 Å². The Labute approximate surface area is 115 Å². The van der Waals surface area contributed by atoms with Crippen LogP contribution in [0, 0.1) is 6.92 Å². The van der Waals surface area contributed by atoms with Gasteiger partial charge in [-0.05, 0) is 47.7 Å². The van der Waals surface area contributed by atoms with E-state index in [1.165, 1.54) is 0 Å². The summed E-state index contributed by atoms with van der Waals surface area (Å²) in [4.78, 5) is 16.0. The molecule has 5 heteroatoms. The maximum Gasteiger partial charge on any atom is 0.227 e. The van der Waals surface area contributed by atoms with E-state index in [0.29, 0.717) is 6.42 Å². The normalized spacial score (nSPS) is 19.6. The van der Waals surface area contributed by atoms with Crippen LogP contribution in [0.5, 0.6) is 0 Å². The maximum absolute atomic E-state index is 11.9. The van der Waals surface area contributed by atoms with Crippen LogP contribution in [0.2, 0.25) is 0 Å². The fourth-order valence-electron chi connectivity index (χ4n) is 2.00. The molecule has 98 valence electrons. The Morgan fingerprint density at radius 2 is 2.39 bits per heavy atom. The quantitative estimate of drug-likeness (QED) is 0.933. The number of halogens is 1. The molecule has 1 atom stereocenters. The molecule has 1 saturated heterocycles. The molecule has 0 saturated carbocycles. The highest BCUT2D eigenvalue weighted by molar-refractivity contribution is 9.10. The second-order valence-corrected chi connectivity index (χ2v) is 5.39. The van der Waals surface area contributed by atoms with Gasteiger partial charge < -0.3 is 10.1 Å². The molecule has 0 aromatic carbocycles. The molecular formula is C13H17BrN2O2. The van der Waals surface area contributed by atoms with Crippen LogP contribution in [0.25, 0.3) is 0 Å². The summed E-state index contributed by atoms with van der Waals surface area (Å²) in [5, 5.41) is 2.89. The van der Waals surface area contributed by atoms with E-state index in [2.05, 4.69) is 26.2 Å². The Kier molecular flexibility index (Phi) is 4.72. The number of pyridine rings is 1.